The van der Waals surface area contributed by atoms with Crippen LogP contribution >= 0.6 is 11.6 Å². The van der Waals surface area contributed by atoms with Gasteiger partial charge in [0.25, 0.3) is 0 Å². The van der Waals surface area contributed by atoms with Crippen LogP contribution in [0, 0.1) is 0 Å². The number of carboxylic acids is 1. The molecule has 1 rings (SSSR count). The molecule has 1 amide bonds. The maximum absolute atomic E-state index is 11.4. The second-order valence-corrected chi connectivity index (χ2v) is 4.02. The maximum Gasteiger partial charge on any atom is 0.330 e. The summed E-state index contributed by atoms with van der Waals surface area (Å²) >= 11 is 5.91. The first-order valence-electron chi connectivity index (χ1n) is 5.32. The van der Waals surface area contributed by atoms with Crippen LogP contribution < -0.4 is 5.32 Å². The molecule has 0 aliphatic carbocycles. The van der Waals surface area contributed by atoms with E-state index < -0.39 is 12.0 Å². The van der Waals surface area contributed by atoms with Gasteiger partial charge in [-0.05, 0) is 12.5 Å². The van der Waals surface area contributed by atoms with Crippen molar-refractivity contribution in [3.05, 3.63) is 34.9 Å². The first-order chi connectivity index (χ1) is 8.06. The molecule has 0 radical (unpaired) electrons. The Balaban J connectivity index is 2.91. The maximum atomic E-state index is 11.4. The molecule has 4 nitrogen and oxygen atoms in total. The van der Waals surface area contributed by atoms with Crippen molar-refractivity contribution >= 4 is 23.5 Å². The number of benzene rings is 1. The summed E-state index contributed by atoms with van der Waals surface area (Å²) in [6.07, 6.45) is 0.967. The van der Waals surface area contributed by atoms with E-state index in [-0.39, 0.29) is 5.91 Å². The smallest absolute Gasteiger partial charge is 0.330 e. The highest BCUT2D eigenvalue weighted by atomic mass is 35.5. The second kappa shape index (κ2) is 6.25. The van der Waals surface area contributed by atoms with Gasteiger partial charge in [-0.3, -0.25) is 4.79 Å². The quantitative estimate of drug-likeness (QED) is 0.849. The zero-order valence-electron chi connectivity index (χ0n) is 9.44. The standard InChI is InChI=1S/C12H14ClNO3/c1-2-5-10(15)14-11(12(16)17)8-6-3-4-7-9(8)13/h3-4,6-7,11H,2,5H2,1H3,(H,14,15)(H,16,17)/t11-/m1/s1. The highest BCUT2D eigenvalue weighted by molar-refractivity contribution is 6.31. The summed E-state index contributed by atoms with van der Waals surface area (Å²) in [5, 5.41) is 11.9. The Morgan fingerprint density at radius 2 is 2.06 bits per heavy atom. The van der Waals surface area contributed by atoms with Crippen molar-refractivity contribution in [1.29, 1.82) is 0 Å². The number of halogens is 1. The highest BCUT2D eigenvalue weighted by Crippen LogP contribution is 2.22. The van der Waals surface area contributed by atoms with Crippen LogP contribution in [0.1, 0.15) is 31.4 Å². The van der Waals surface area contributed by atoms with Gasteiger partial charge in [0, 0.05) is 17.0 Å². The van der Waals surface area contributed by atoms with Crippen molar-refractivity contribution in [3.63, 3.8) is 0 Å². The summed E-state index contributed by atoms with van der Waals surface area (Å²) in [5.74, 6) is -1.41. The third-order valence-electron chi connectivity index (χ3n) is 2.25. The fourth-order valence-electron chi connectivity index (χ4n) is 1.44. The molecule has 0 aromatic heterocycles. The Kier molecular flexibility index (Phi) is 4.97. The second-order valence-electron chi connectivity index (χ2n) is 3.61. The SMILES string of the molecule is CCCC(=O)N[C@@H](C(=O)O)c1ccccc1Cl. The Hall–Kier alpha value is -1.55. The van der Waals surface area contributed by atoms with Gasteiger partial charge >= 0.3 is 5.97 Å². The number of nitrogens with one attached hydrogen (secondary N) is 1. The fraction of sp³-hybridized carbons (Fsp3) is 0.333. The molecule has 1 aromatic carbocycles. The van der Waals surface area contributed by atoms with Crippen LogP contribution in [0.25, 0.3) is 0 Å². The van der Waals surface area contributed by atoms with E-state index in [1.165, 1.54) is 0 Å². The number of hydrogen-bond acceptors (Lipinski definition) is 2. The molecule has 1 atom stereocenters. The Morgan fingerprint density at radius 1 is 1.41 bits per heavy atom. The van der Waals surface area contributed by atoms with E-state index in [0.29, 0.717) is 23.4 Å². The topological polar surface area (TPSA) is 66.4 Å². The van der Waals surface area contributed by atoms with Crippen LogP contribution in [0.2, 0.25) is 5.02 Å². The minimum absolute atomic E-state index is 0.292. The lowest BCUT2D eigenvalue weighted by Crippen LogP contribution is -2.33. The number of aliphatic carboxylic acids is 1. The van der Waals surface area contributed by atoms with E-state index in [9.17, 15) is 9.59 Å². The monoisotopic (exact) mass is 255 g/mol. The number of carbonyl (C=O) groups is 2. The minimum Gasteiger partial charge on any atom is -0.479 e. The number of hydrogen-bond donors (Lipinski definition) is 2. The largest absolute Gasteiger partial charge is 0.479 e. The molecule has 0 aliphatic rings. The van der Waals surface area contributed by atoms with E-state index in [1.54, 1.807) is 24.3 Å². The molecule has 2 N–H and O–H groups in total. The molecule has 0 spiro atoms. The van der Waals surface area contributed by atoms with Gasteiger partial charge in [0.2, 0.25) is 5.91 Å². The van der Waals surface area contributed by atoms with E-state index in [4.69, 9.17) is 16.7 Å². The lowest BCUT2D eigenvalue weighted by molar-refractivity contribution is -0.142. The van der Waals surface area contributed by atoms with Gasteiger partial charge in [-0.25, -0.2) is 4.79 Å². The predicted octanol–water partition coefficient (Wildman–Crippen LogP) is 2.38. The highest BCUT2D eigenvalue weighted by Gasteiger charge is 2.23. The molecule has 1 aromatic rings. The normalized spacial score (nSPS) is 11.9. The Labute approximate surface area is 105 Å². The molecule has 0 fully saturated rings. The summed E-state index contributed by atoms with van der Waals surface area (Å²) in [4.78, 5) is 22.5. The molecule has 0 aliphatic heterocycles. The molecular formula is C12H14ClNO3. The van der Waals surface area contributed by atoms with Crippen LogP contribution in [-0.4, -0.2) is 17.0 Å². The van der Waals surface area contributed by atoms with Gasteiger partial charge in [-0.1, -0.05) is 36.7 Å². The van der Waals surface area contributed by atoms with Gasteiger partial charge in [0.15, 0.2) is 6.04 Å². The Morgan fingerprint density at radius 3 is 2.59 bits per heavy atom. The number of rotatable bonds is 5. The molecule has 0 bridgehead atoms. The number of amides is 1. The van der Waals surface area contributed by atoms with Crippen molar-refractivity contribution in [2.45, 2.75) is 25.8 Å². The minimum atomic E-state index is -1.12. The summed E-state index contributed by atoms with van der Waals surface area (Å²) < 4.78 is 0. The van der Waals surface area contributed by atoms with Crippen LogP contribution in [0.5, 0.6) is 0 Å². The average molecular weight is 256 g/mol. The van der Waals surface area contributed by atoms with Crippen LogP contribution in [0.4, 0.5) is 0 Å². The van der Waals surface area contributed by atoms with Crippen molar-refractivity contribution in [1.82, 2.24) is 5.32 Å². The third kappa shape index (κ3) is 3.75. The average Bonchev–Trinajstić information content (AvgIpc) is 2.27. The molecule has 0 saturated heterocycles. The summed E-state index contributed by atoms with van der Waals surface area (Å²) in [7, 11) is 0. The first kappa shape index (κ1) is 13.5. The third-order valence-corrected chi connectivity index (χ3v) is 2.59. The van der Waals surface area contributed by atoms with Crippen molar-refractivity contribution in [3.8, 4) is 0 Å². The zero-order valence-corrected chi connectivity index (χ0v) is 10.2. The molecule has 92 valence electrons. The molecule has 5 heteroatoms. The first-order valence-corrected chi connectivity index (χ1v) is 5.70. The summed E-state index contributed by atoms with van der Waals surface area (Å²) in [5.41, 5.74) is 0.395. The summed E-state index contributed by atoms with van der Waals surface area (Å²) in [6.45, 7) is 1.85. The molecule has 0 heterocycles. The van der Waals surface area contributed by atoms with E-state index >= 15 is 0 Å². The van der Waals surface area contributed by atoms with E-state index in [2.05, 4.69) is 5.32 Å². The lowest BCUT2D eigenvalue weighted by Gasteiger charge is -2.15. The van der Waals surface area contributed by atoms with Crippen molar-refractivity contribution < 1.29 is 14.7 Å². The van der Waals surface area contributed by atoms with Gasteiger partial charge < -0.3 is 10.4 Å². The lowest BCUT2D eigenvalue weighted by atomic mass is 10.1. The van der Waals surface area contributed by atoms with E-state index in [0.717, 1.165) is 0 Å². The van der Waals surface area contributed by atoms with Gasteiger partial charge in [0.05, 0.1) is 0 Å². The predicted molar refractivity (Wildman–Crippen MR) is 64.9 cm³/mol. The molecule has 0 unspecified atom stereocenters. The van der Waals surface area contributed by atoms with Gasteiger partial charge in [-0.15, -0.1) is 0 Å². The number of carbonyl (C=O) groups excluding carboxylic acids is 1. The summed E-state index contributed by atoms with van der Waals surface area (Å²) in [6, 6.07) is 5.48. The molecule has 0 saturated carbocycles. The van der Waals surface area contributed by atoms with Crippen LogP contribution in [0.3, 0.4) is 0 Å². The van der Waals surface area contributed by atoms with Crippen molar-refractivity contribution in [2.75, 3.05) is 0 Å². The van der Waals surface area contributed by atoms with Crippen LogP contribution in [-0.2, 0) is 9.59 Å². The van der Waals surface area contributed by atoms with Gasteiger partial charge in [0.1, 0.15) is 0 Å². The number of carboxylic acid groups (broad SMARTS) is 1. The van der Waals surface area contributed by atoms with Crippen molar-refractivity contribution in [2.24, 2.45) is 0 Å². The van der Waals surface area contributed by atoms with Gasteiger partial charge in [-0.2, -0.15) is 0 Å². The fourth-order valence-corrected chi connectivity index (χ4v) is 1.69. The Bertz CT molecular complexity index is 420. The zero-order chi connectivity index (χ0) is 12.8. The molecule has 17 heavy (non-hydrogen) atoms. The van der Waals surface area contributed by atoms with Crippen LogP contribution in [0.15, 0.2) is 24.3 Å². The molecular weight excluding hydrogens is 242 g/mol. The van der Waals surface area contributed by atoms with E-state index in [1.807, 2.05) is 6.92 Å².